The van der Waals surface area contributed by atoms with Crippen molar-refractivity contribution < 1.29 is 4.74 Å². The summed E-state index contributed by atoms with van der Waals surface area (Å²) in [4.78, 5) is 8.68. The first-order chi connectivity index (χ1) is 8.17. The van der Waals surface area contributed by atoms with Gasteiger partial charge in [0, 0.05) is 31.6 Å². The fourth-order valence-electron chi connectivity index (χ4n) is 1.58. The van der Waals surface area contributed by atoms with Crippen LogP contribution >= 0.6 is 0 Å². The van der Waals surface area contributed by atoms with Crippen LogP contribution in [0.15, 0.2) is 12.4 Å². The van der Waals surface area contributed by atoms with Crippen LogP contribution in [0.25, 0.3) is 0 Å². The number of nitrogens with one attached hydrogen (secondary N) is 1. The van der Waals surface area contributed by atoms with Gasteiger partial charge >= 0.3 is 0 Å². The molecule has 1 atom stereocenters. The van der Waals surface area contributed by atoms with E-state index in [-0.39, 0.29) is 6.10 Å². The average Bonchev–Trinajstić information content (AvgIpc) is 2.32. The maximum Gasteiger partial charge on any atom is 0.157 e. The molecule has 0 spiro atoms. The monoisotopic (exact) mass is 237 g/mol. The zero-order chi connectivity index (χ0) is 12.7. The first-order valence-electron chi connectivity index (χ1n) is 6.21. The molecule has 0 saturated carbocycles. The molecule has 0 aromatic carbocycles. The Balaban J connectivity index is 2.49. The zero-order valence-electron chi connectivity index (χ0n) is 11.2. The van der Waals surface area contributed by atoms with E-state index in [0.717, 1.165) is 30.9 Å². The molecule has 0 aliphatic rings. The van der Waals surface area contributed by atoms with Crippen LogP contribution in [0.2, 0.25) is 0 Å². The van der Waals surface area contributed by atoms with Crippen molar-refractivity contribution in [1.82, 2.24) is 15.3 Å². The maximum absolute atomic E-state index is 5.30. The summed E-state index contributed by atoms with van der Waals surface area (Å²) in [5.41, 5.74) is 1.11. The van der Waals surface area contributed by atoms with Gasteiger partial charge in [-0.3, -0.25) is 0 Å². The number of ether oxygens (including phenoxy) is 1. The summed E-state index contributed by atoms with van der Waals surface area (Å²) in [6.07, 6.45) is 4.64. The van der Waals surface area contributed by atoms with Crippen molar-refractivity contribution in [3.05, 3.63) is 23.8 Å². The molecule has 1 N–H and O–H groups in total. The predicted octanol–water partition coefficient (Wildman–Crippen LogP) is 2.32. The molecule has 1 rings (SSSR count). The van der Waals surface area contributed by atoms with Crippen LogP contribution in [0.5, 0.6) is 0 Å². The van der Waals surface area contributed by atoms with E-state index in [2.05, 4.69) is 36.1 Å². The molecular formula is C13H23N3O. The number of aromatic nitrogens is 2. The topological polar surface area (TPSA) is 47.0 Å². The van der Waals surface area contributed by atoms with Gasteiger partial charge in [0.05, 0.1) is 0 Å². The number of rotatable bonds is 7. The minimum absolute atomic E-state index is 0.00710. The van der Waals surface area contributed by atoms with E-state index in [1.165, 1.54) is 0 Å². The van der Waals surface area contributed by atoms with Gasteiger partial charge in [-0.15, -0.1) is 0 Å². The van der Waals surface area contributed by atoms with E-state index >= 15 is 0 Å². The molecule has 0 radical (unpaired) electrons. The van der Waals surface area contributed by atoms with Gasteiger partial charge in [0.1, 0.15) is 6.10 Å². The van der Waals surface area contributed by atoms with Gasteiger partial charge < -0.3 is 10.1 Å². The Kier molecular flexibility index (Phi) is 6.08. The van der Waals surface area contributed by atoms with Crippen molar-refractivity contribution in [3.8, 4) is 0 Å². The minimum Gasteiger partial charge on any atom is -0.373 e. The first kappa shape index (κ1) is 14.1. The summed E-state index contributed by atoms with van der Waals surface area (Å²) in [7, 11) is 1.69. The highest BCUT2D eigenvalue weighted by atomic mass is 16.5. The molecule has 4 nitrogen and oxygen atoms in total. The average molecular weight is 237 g/mol. The Bertz CT molecular complexity index is 307. The van der Waals surface area contributed by atoms with Crippen molar-refractivity contribution in [2.45, 2.75) is 39.8 Å². The van der Waals surface area contributed by atoms with E-state index in [1.807, 2.05) is 12.4 Å². The minimum atomic E-state index is 0.00710. The van der Waals surface area contributed by atoms with Crippen molar-refractivity contribution in [2.24, 2.45) is 5.92 Å². The van der Waals surface area contributed by atoms with Gasteiger partial charge in [0.25, 0.3) is 0 Å². The summed E-state index contributed by atoms with van der Waals surface area (Å²) in [5.74, 6) is 1.43. The van der Waals surface area contributed by atoms with Gasteiger partial charge in [0.2, 0.25) is 0 Å². The van der Waals surface area contributed by atoms with Crippen LogP contribution in [0.1, 0.15) is 44.7 Å². The maximum atomic E-state index is 5.30. The van der Waals surface area contributed by atoms with Gasteiger partial charge in [-0.2, -0.15) is 0 Å². The fourth-order valence-corrected chi connectivity index (χ4v) is 1.58. The summed E-state index contributed by atoms with van der Waals surface area (Å²) in [6, 6.07) is 0. The van der Waals surface area contributed by atoms with Crippen molar-refractivity contribution in [2.75, 3.05) is 13.7 Å². The Morgan fingerprint density at radius 2 is 1.94 bits per heavy atom. The molecule has 0 amide bonds. The van der Waals surface area contributed by atoms with Crippen molar-refractivity contribution >= 4 is 0 Å². The molecule has 1 aromatic heterocycles. The molecule has 0 aliphatic heterocycles. The molecule has 1 unspecified atom stereocenters. The van der Waals surface area contributed by atoms with Gasteiger partial charge in [-0.25, -0.2) is 9.97 Å². The van der Waals surface area contributed by atoms with E-state index in [1.54, 1.807) is 7.11 Å². The predicted molar refractivity (Wildman–Crippen MR) is 68.6 cm³/mol. The van der Waals surface area contributed by atoms with Crippen LogP contribution in [0.4, 0.5) is 0 Å². The van der Waals surface area contributed by atoms with E-state index in [9.17, 15) is 0 Å². The third-order valence-corrected chi connectivity index (χ3v) is 2.55. The van der Waals surface area contributed by atoms with Gasteiger partial charge in [0.15, 0.2) is 5.82 Å². The van der Waals surface area contributed by atoms with E-state index in [4.69, 9.17) is 4.74 Å². The molecule has 17 heavy (non-hydrogen) atoms. The largest absolute Gasteiger partial charge is 0.373 e. The lowest BCUT2D eigenvalue weighted by Gasteiger charge is -2.12. The normalized spacial score (nSPS) is 13.0. The Morgan fingerprint density at radius 3 is 2.41 bits per heavy atom. The summed E-state index contributed by atoms with van der Waals surface area (Å²) < 4.78 is 5.30. The number of nitrogens with zero attached hydrogens (tertiary/aromatic N) is 2. The summed E-state index contributed by atoms with van der Waals surface area (Å²) >= 11 is 0. The zero-order valence-corrected chi connectivity index (χ0v) is 11.2. The highest BCUT2D eigenvalue weighted by molar-refractivity contribution is 5.06. The number of hydrogen-bond acceptors (Lipinski definition) is 4. The lowest BCUT2D eigenvalue weighted by molar-refractivity contribution is 0.0925. The highest BCUT2D eigenvalue weighted by Gasteiger charge is 2.10. The van der Waals surface area contributed by atoms with Crippen LogP contribution in [0, 0.1) is 5.92 Å². The fraction of sp³-hybridized carbons (Fsp3) is 0.692. The second-order valence-corrected chi connectivity index (χ2v) is 4.61. The summed E-state index contributed by atoms with van der Waals surface area (Å²) in [5, 5.41) is 3.37. The number of hydrogen-bond donors (Lipinski definition) is 1. The van der Waals surface area contributed by atoms with Crippen LogP contribution in [-0.2, 0) is 11.3 Å². The molecule has 0 saturated heterocycles. The first-order valence-corrected chi connectivity index (χ1v) is 6.21. The Hall–Kier alpha value is -1.00. The third kappa shape index (κ3) is 4.79. The summed E-state index contributed by atoms with van der Waals surface area (Å²) in [6.45, 7) is 8.28. The molecule has 4 heteroatoms. The highest BCUT2D eigenvalue weighted by Crippen LogP contribution is 2.15. The van der Waals surface area contributed by atoms with Gasteiger partial charge in [-0.1, -0.05) is 20.8 Å². The Morgan fingerprint density at radius 1 is 1.29 bits per heavy atom. The van der Waals surface area contributed by atoms with Crippen molar-refractivity contribution in [3.63, 3.8) is 0 Å². The molecule has 0 bridgehead atoms. The smallest absolute Gasteiger partial charge is 0.157 e. The molecule has 1 aromatic rings. The SMILES string of the molecule is CCC(OC)c1ncc(CNCC(C)C)cn1. The lowest BCUT2D eigenvalue weighted by Crippen LogP contribution is -2.19. The van der Waals surface area contributed by atoms with Gasteiger partial charge in [-0.05, 0) is 18.9 Å². The van der Waals surface area contributed by atoms with Crippen molar-refractivity contribution in [1.29, 1.82) is 0 Å². The molecule has 1 heterocycles. The van der Waals surface area contributed by atoms with E-state index < -0.39 is 0 Å². The number of methoxy groups -OCH3 is 1. The lowest BCUT2D eigenvalue weighted by atomic mass is 10.2. The van der Waals surface area contributed by atoms with Crippen LogP contribution in [0.3, 0.4) is 0 Å². The quantitative estimate of drug-likeness (QED) is 0.790. The second kappa shape index (κ2) is 7.35. The molecule has 96 valence electrons. The van der Waals surface area contributed by atoms with E-state index in [0.29, 0.717) is 5.92 Å². The standard InChI is InChI=1S/C13H23N3O/c1-5-12(17-4)13-15-8-11(9-16-13)7-14-6-10(2)3/h8-10,12,14H,5-7H2,1-4H3. The second-order valence-electron chi connectivity index (χ2n) is 4.61. The molecule has 0 aliphatic carbocycles. The van der Waals surface area contributed by atoms with Crippen LogP contribution < -0.4 is 5.32 Å². The molecular weight excluding hydrogens is 214 g/mol. The third-order valence-electron chi connectivity index (χ3n) is 2.55. The van der Waals surface area contributed by atoms with Crippen LogP contribution in [-0.4, -0.2) is 23.6 Å². The Labute approximate surface area is 104 Å². The molecule has 0 fully saturated rings.